The molecule has 2 rings (SSSR count). The van der Waals surface area contributed by atoms with E-state index in [4.69, 9.17) is 4.74 Å². The molecule has 1 heterocycles. The second kappa shape index (κ2) is 15.9. The third-order valence-electron chi connectivity index (χ3n) is 9.17. The van der Waals surface area contributed by atoms with Crippen LogP contribution in [0, 0.1) is 28.1 Å². The molecule has 0 aromatic rings. The van der Waals surface area contributed by atoms with Crippen LogP contribution in [0.15, 0.2) is 25.3 Å². The first-order chi connectivity index (χ1) is 22.3. The summed E-state index contributed by atoms with van der Waals surface area (Å²) in [4.78, 5) is 82.3. The molecular formula is C37H61N5O7. The number of rotatable bonds is 14. The third-order valence-corrected chi connectivity index (χ3v) is 9.17. The Labute approximate surface area is 293 Å². The van der Waals surface area contributed by atoms with Crippen LogP contribution in [-0.4, -0.2) is 83.3 Å². The number of amides is 5. The summed E-state index contributed by atoms with van der Waals surface area (Å²) in [6.07, 6.45) is 5.68. The van der Waals surface area contributed by atoms with Crippen molar-refractivity contribution in [2.75, 3.05) is 13.1 Å². The van der Waals surface area contributed by atoms with Crippen molar-refractivity contribution in [2.24, 2.45) is 28.1 Å². The molecule has 2 aliphatic rings. The lowest BCUT2D eigenvalue weighted by Crippen LogP contribution is -2.62. The molecule has 0 aromatic heterocycles. The van der Waals surface area contributed by atoms with Crippen LogP contribution in [0.1, 0.15) is 102 Å². The standard InChI is InChI=1S/C37H61N5O7/c1-14-18-38-30(45)26(43)24(19-22-16-17-22)39-29(44)25-20-23(37(12,13)15-2)21-42(25)31(46)27(34(3,4)5)40-33(48)41-28(35(6,7)8)32(47)49-36(9,10)11/h14-15,22-25,27-28H,1-2,16-21H2,3-13H3,(H,38,45)(H,39,44)(H2,40,41,48)/t23-,24?,25+,27-,28-/m1/s1. The number of carbonyl (C=O) groups excluding carboxylic acids is 6. The highest BCUT2D eigenvalue weighted by Gasteiger charge is 2.49. The largest absolute Gasteiger partial charge is 0.458 e. The summed E-state index contributed by atoms with van der Waals surface area (Å²) in [6.45, 7) is 27.8. The molecule has 1 saturated heterocycles. The molecule has 1 aliphatic heterocycles. The lowest BCUT2D eigenvalue weighted by molar-refractivity contribution is -0.160. The topological polar surface area (TPSA) is 163 Å². The van der Waals surface area contributed by atoms with Gasteiger partial charge in [0, 0.05) is 13.1 Å². The van der Waals surface area contributed by atoms with Crippen LogP contribution >= 0.6 is 0 Å². The fraction of sp³-hybridized carbons (Fsp3) is 0.730. The first-order valence-electron chi connectivity index (χ1n) is 17.3. The van der Waals surface area contributed by atoms with Crippen molar-refractivity contribution in [1.29, 1.82) is 0 Å². The Kier molecular flexibility index (Phi) is 13.4. The fourth-order valence-corrected chi connectivity index (χ4v) is 5.74. The smallest absolute Gasteiger partial charge is 0.329 e. The maximum absolute atomic E-state index is 14.5. The van der Waals surface area contributed by atoms with E-state index < -0.39 is 81.5 Å². The van der Waals surface area contributed by atoms with E-state index in [0.717, 1.165) is 12.8 Å². The van der Waals surface area contributed by atoms with Crippen molar-refractivity contribution in [3.8, 4) is 0 Å². The molecule has 0 aromatic carbocycles. The van der Waals surface area contributed by atoms with Gasteiger partial charge in [0.2, 0.25) is 17.6 Å². The lowest BCUT2D eigenvalue weighted by atomic mass is 9.77. The van der Waals surface area contributed by atoms with Gasteiger partial charge in [0.15, 0.2) is 0 Å². The zero-order valence-electron chi connectivity index (χ0n) is 31.6. The van der Waals surface area contributed by atoms with Crippen LogP contribution in [0.2, 0.25) is 0 Å². The van der Waals surface area contributed by atoms with Crippen molar-refractivity contribution in [3.63, 3.8) is 0 Å². The van der Waals surface area contributed by atoms with E-state index in [0.29, 0.717) is 6.42 Å². The number of ether oxygens (including phenoxy) is 1. The number of likely N-dealkylation sites (tertiary alicyclic amines) is 1. The minimum atomic E-state index is -1.10. The normalized spacial score (nSPS) is 20.3. The molecule has 0 radical (unpaired) electrons. The van der Waals surface area contributed by atoms with Gasteiger partial charge in [-0.25, -0.2) is 9.59 Å². The summed E-state index contributed by atoms with van der Waals surface area (Å²) in [6, 6.07) is -4.86. The first-order valence-corrected chi connectivity index (χ1v) is 17.3. The van der Waals surface area contributed by atoms with Gasteiger partial charge in [0.05, 0.1) is 6.04 Å². The number of ketones is 1. The molecule has 276 valence electrons. The number of urea groups is 1. The van der Waals surface area contributed by atoms with Gasteiger partial charge < -0.3 is 30.9 Å². The van der Waals surface area contributed by atoms with Gasteiger partial charge in [-0.3, -0.25) is 19.2 Å². The maximum Gasteiger partial charge on any atom is 0.329 e. The van der Waals surface area contributed by atoms with Crippen molar-refractivity contribution < 1.29 is 33.5 Å². The van der Waals surface area contributed by atoms with Crippen molar-refractivity contribution in [1.82, 2.24) is 26.2 Å². The van der Waals surface area contributed by atoms with Crippen LogP contribution in [0.25, 0.3) is 0 Å². The zero-order chi connectivity index (χ0) is 37.7. The molecule has 4 N–H and O–H groups in total. The minimum Gasteiger partial charge on any atom is -0.458 e. The van der Waals surface area contributed by atoms with E-state index in [-0.39, 0.29) is 31.3 Å². The quantitative estimate of drug-likeness (QED) is 0.122. The highest BCUT2D eigenvalue weighted by Crippen LogP contribution is 2.40. The van der Waals surface area contributed by atoms with Gasteiger partial charge in [-0.05, 0) is 61.7 Å². The molecule has 1 unspecified atom stereocenters. The van der Waals surface area contributed by atoms with Crippen LogP contribution in [0.4, 0.5) is 4.79 Å². The number of esters is 1. The van der Waals surface area contributed by atoms with Gasteiger partial charge in [-0.1, -0.05) is 80.4 Å². The molecule has 12 heteroatoms. The van der Waals surface area contributed by atoms with E-state index in [1.165, 1.54) is 11.0 Å². The number of allylic oxidation sites excluding steroid dienone is 1. The second-order valence-electron chi connectivity index (χ2n) is 17.3. The molecule has 1 saturated carbocycles. The van der Waals surface area contributed by atoms with Crippen LogP contribution in [-0.2, 0) is 28.7 Å². The molecular weight excluding hydrogens is 626 g/mol. The number of hydrogen-bond donors (Lipinski definition) is 4. The van der Waals surface area contributed by atoms with Crippen LogP contribution in [0.5, 0.6) is 0 Å². The first kappa shape index (κ1) is 41.5. The maximum atomic E-state index is 14.5. The molecule has 49 heavy (non-hydrogen) atoms. The molecule has 5 amide bonds. The molecule has 0 spiro atoms. The monoisotopic (exact) mass is 687 g/mol. The summed E-state index contributed by atoms with van der Waals surface area (Å²) in [7, 11) is 0. The Hall–Kier alpha value is -3.70. The molecule has 1 aliphatic carbocycles. The fourth-order valence-electron chi connectivity index (χ4n) is 5.74. The summed E-state index contributed by atoms with van der Waals surface area (Å²) in [5, 5.41) is 10.8. The summed E-state index contributed by atoms with van der Waals surface area (Å²) in [5.41, 5.74) is -2.74. The number of Topliss-reactive ketones (excluding diaryl/α,β-unsaturated/α-hetero) is 1. The summed E-state index contributed by atoms with van der Waals surface area (Å²) >= 11 is 0. The van der Waals surface area contributed by atoms with Crippen molar-refractivity contribution in [2.45, 2.75) is 132 Å². The van der Waals surface area contributed by atoms with Crippen LogP contribution < -0.4 is 21.3 Å². The van der Waals surface area contributed by atoms with Crippen molar-refractivity contribution in [3.05, 3.63) is 25.3 Å². The van der Waals surface area contributed by atoms with E-state index in [2.05, 4.69) is 34.4 Å². The summed E-state index contributed by atoms with van der Waals surface area (Å²) in [5.74, 6) is -3.12. The Balaban J connectivity index is 2.41. The number of hydrogen-bond acceptors (Lipinski definition) is 7. The number of carbonyl (C=O) groups is 6. The van der Waals surface area contributed by atoms with E-state index in [1.54, 1.807) is 68.4 Å². The minimum absolute atomic E-state index is 0.112. The molecule has 2 fully saturated rings. The number of nitrogens with zero attached hydrogens (tertiary/aromatic N) is 1. The number of nitrogens with one attached hydrogen (secondary N) is 4. The van der Waals surface area contributed by atoms with Gasteiger partial charge in [-0.15, -0.1) is 13.2 Å². The van der Waals surface area contributed by atoms with Crippen LogP contribution in [0.3, 0.4) is 0 Å². The van der Waals surface area contributed by atoms with E-state index in [9.17, 15) is 28.8 Å². The van der Waals surface area contributed by atoms with Gasteiger partial charge >= 0.3 is 12.0 Å². The third kappa shape index (κ3) is 12.0. The van der Waals surface area contributed by atoms with Gasteiger partial charge in [0.1, 0.15) is 23.7 Å². The van der Waals surface area contributed by atoms with Crippen molar-refractivity contribution >= 4 is 35.5 Å². The molecule has 12 nitrogen and oxygen atoms in total. The Bertz CT molecular complexity index is 1280. The predicted octanol–water partition coefficient (Wildman–Crippen LogP) is 4.04. The SMILES string of the molecule is C=CCNC(=O)C(=O)C(CC1CC1)NC(=O)[C@@H]1C[C@@H](C(C)(C)C=C)CN1C(=O)[C@@H](NC(=O)N[C@H](C(=O)OC(C)(C)C)C(C)(C)C)C(C)(C)C. The average molecular weight is 688 g/mol. The second-order valence-corrected chi connectivity index (χ2v) is 17.3. The van der Waals surface area contributed by atoms with E-state index >= 15 is 0 Å². The molecule has 5 atom stereocenters. The average Bonchev–Trinajstić information content (AvgIpc) is 3.66. The Morgan fingerprint density at radius 3 is 1.86 bits per heavy atom. The van der Waals surface area contributed by atoms with E-state index in [1.807, 2.05) is 13.8 Å². The zero-order valence-corrected chi connectivity index (χ0v) is 31.6. The Morgan fingerprint density at radius 2 is 1.39 bits per heavy atom. The van der Waals surface area contributed by atoms with Gasteiger partial charge in [0.25, 0.3) is 5.91 Å². The highest BCUT2D eigenvalue weighted by molar-refractivity contribution is 6.38. The highest BCUT2D eigenvalue weighted by atomic mass is 16.6. The summed E-state index contributed by atoms with van der Waals surface area (Å²) < 4.78 is 5.57. The lowest BCUT2D eigenvalue weighted by Gasteiger charge is -2.37. The molecule has 0 bridgehead atoms. The Morgan fingerprint density at radius 1 is 0.837 bits per heavy atom. The van der Waals surface area contributed by atoms with Gasteiger partial charge in [-0.2, -0.15) is 0 Å². The predicted molar refractivity (Wildman–Crippen MR) is 189 cm³/mol.